The van der Waals surface area contributed by atoms with Crippen LogP contribution in [0.1, 0.15) is 74.7 Å². The topological polar surface area (TPSA) is 113 Å². The first kappa shape index (κ1) is 25.4. The Hall–Kier alpha value is -1.63. The van der Waals surface area contributed by atoms with Crippen LogP contribution in [0.5, 0.6) is 0 Å². The summed E-state index contributed by atoms with van der Waals surface area (Å²) in [6.45, 7) is 16.1. The van der Waals surface area contributed by atoms with E-state index in [1.807, 2.05) is 34.6 Å². The van der Waals surface area contributed by atoms with Gasteiger partial charge in [0.05, 0.1) is 12.1 Å². The van der Waals surface area contributed by atoms with E-state index in [4.69, 9.17) is 5.73 Å². The smallest absolute Gasteiger partial charge is 0.312 e. The van der Waals surface area contributed by atoms with Crippen LogP contribution in [-0.4, -0.2) is 41.9 Å². The van der Waals surface area contributed by atoms with Gasteiger partial charge in [0.1, 0.15) is 0 Å². The maximum atomic E-state index is 12.9. The van der Waals surface area contributed by atoms with Gasteiger partial charge in [-0.3, -0.25) is 9.59 Å². The van der Waals surface area contributed by atoms with Gasteiger partial charge >= 0.3 is 6.03 Å². The quantitative estimate of drug-likeness (QED) is 0.409. The Balaban J connectivity index is 5.21. The van der Waals surface area contributed by atoms with Gasteiger partial charge in [-0.05, 0) is 39.0 Å². The van der Waals surface area contributed by atoms with Gasteiger partial charge in [-0.2, -0.15) is 0 Å². The molecule has 0 saturated heterocycles. The number of rotatable bonds is 11. The first-order valence-electron chi connectivity index (χ1n) is 9.87. The van der Waals surface area contributed by atoms with Gasteiger partial charge in [-0.25, -0.2) is 4.79 Å². The molecular weight excluding hydrogens is 344 g/mol. The van der Waals surface area contributed by atoms with Crippen LogP contribution in [0.2, 0.25) is 0 Å². The number of hydrogen-bond acceptors (Lipinski definition) is 4. The summed E-state index contributed by atoms with van der Waals surface area (Å²) < 4.78 is 0. The number of carbonyl (C=O) groups excluding carboxylic acids is 3. The minimum atomic E-state index is -0.597. The minimum absolute atomic E-state index is 0.0211. The summed E-state index contributed by atoms with van der Waals surface area (Å²) in [5.41, 5.74) is 4.32. The van der Waals surface area contributed by atoms with E-state index in [0.29, 0.717) is 19.4 Å². The lowest BCUT2D eigenvalue weighted by Gasteiger charge is -2.34. The van der Waals surface area contributed by atoms with Crippen molar-refractivity contribution >= 4 is 17.7 Å². The number of ketones is 1. The van der Waals surface area contributed by atoms with Gasteiger partial charge in [0.25, 0.3) is 0 Å². The molecule has 0 rings (SSSR count). The Kier molecular flexibility index (Phi) is 10.00. The molecule has 0 bridgehead atoms. The predicted molar refractivity (Wildman–Crippen MR) is 109 cm³/mol. The zero-order chi connectivity index (χ0) is 21.4. The number of Topliss-reactive ketones (excluding diaryl/α,β-unsaturated/α-hetero) is 1. The minimum Gasteiger partial charge on any atom is -0.352 e. The molecule has 0 saturated carbocycles. The van der Waals surface area contributed by atoms with Crippen molar-refractivity contribution in [2.75, 3.05) is 6.54 Å². The average molecular weight is 385 g/mol. The van der Waals surface area contributed by atoms with E-state index in [1.54, 1.807) is 0 Å². The number of primary amides is 1. The van der Waals surface area contributed by atoms with Crippen molar-refractivity contribution in [3.8, 4) is 0 Å². The highest BCUT2D eigenvalue weighted by atomic mass is 16.2. The lowest BCUT2D eigenvalue weighted by Crippen LogP contribution is -2.58. The van der Waals surface area contributed by atoms with Crippen LogP contribution in [0, 0.1) is 11.3 Å². The molecule has 7 heteroatoms. The van der Waals surface area contributed by atoms with Crippen LogP contribution in [0.15, 0.2) is 0 Å². The van der Waals surface area contributed by atoms with E-state index in [1.165, 1.54) is 0 Å². The summed E-state index contributed by atoms with van der Waals surface area (Å²) in [6.07, 6.45) is 1.88. The Morgan fingerprint density at radius 3 is 2.00 bits per heavy atom. The maximum absolute atomic E-state index is 12.9. The predicted octanol–water partition coefficient (Wildman–Crippen LogP) is 2.34. The van der Waals surface area contributed by atoms with Gasteiger partial charge in [0, 0.05) is 17.5 Å². The first-order valence-corrected chi connectivity index (χ1v) is 9.87. The van der Waals surface area contributed by atoms with Gasteiger partial charge < -0.3 is 21.7 Å². The molecule has 0 spiro atoms. The number of hydrogen-bond donors (Lipinski definition) is 4. The highest BCUT2D eigenvalue weighted by molar-refractivity contribution is 5.93. The lowest BCUT2D eigenvalue weighted by molar-refractivity contribution is -0.134. The van der Waals surface area contributed by atoms with Gasteiger partial charge in [-0.1, -0.05) is 41.5 Å². The second kappa shape index (κ2) is 10.6. The second-order valence-corrected chi connectivity index (χ2v) is 9.21. The normalized spacial score (nSPS) is 14.6. The zero-order valence-corrected chi connectivity index (χ0v) is 18.4. The first-order chi connectivity index (χ1) is 12.2. The molecule has 0 aliphatic heterocycles. The zero-order valence-electron chi connectivity index (χ0n) is 18.4. The van der Waals surface area contributed by atoms with Crippen LogP contribution in [0.4, 0.5) is 4.79 Å². The monoisotopic (exact) mass is 384 g/mol. The summed E-state index contributed by atoms with van der Waals surface area (Å²) in [7, 11) is 0. The summed E-state index contributed by atoms with van der Waals surface area (Å²) in [5.74, 6) is -0.109. The number of nitrogens with two attached hydrogens (primary N) is 1. The third-order valence-corrected chi connectivity index (χ3v) is 4.72. The van der Waals surface area contributed by atoms with E-state index in [-0.39, 0.29) is 29.2 Å². The third kappa shape index (κ3) is 9.75. The van der Waals surface area contributed by atoms with Crippen molar-refractivity contribution in [1.82, 2.24) is 16.0 Å². The molecule has 0 aromatic heterocycles. The molecule has 3 amide bonds. The lowest BCUT2D eigenvalue weighted by atomic mass is 9.84. The fourth-order valence-corrected chi connectivity index (χ4v) is 2.63. The largest absolute Gasteiger partial charge is 0.352 e. The third-order valence-electron chi connectivity index (χ3n) is 4.72. The highest BCUT2D eigenvalue weighted by Gasteiger charge is 2.34. The molecule has 0 aromatic carbocycles. The van der Waals surface area contributed by atoms with Crippen LogP contribution in [-0.2, 0) is 9.59 Å². The molecule has 0 heterocycles. The van der Waals surface area contributed by atoms with Crippen LogP contribution in [0.25, 0.3) is 0 Å². The van der Waals surface area contributed by atoms with E-state index >= 15 is 0 Å². The summed E-state index contributed by atoms with van der Waals surface area (Å²) in [6, 6.07) is -1.58. The van der Waals surface area contributed by atoms with E-state index in [9.17, 15) is 14.4 Å². The number of carbonyl (C=O) groups is 3. The highest BCUT2D eigenvalue weighted by Crippen LogP contribution is 2.20. The van der Waals surface area contributed by atoms with Crippen molar-refractivity contribution in [2.24, 2.45) is 17.1 Å². The SMILES string of the molecule is CCC(C)(C)NC(C(=O)NC(CCCNC(N)=O)C(=O)C(C)(C)C)C(C)C. The Morgan fingerprint density at radius 2 is 1.59 bits per heavy atom. The van der Waals surface area contributed by atoms with Crippen LogP contribution < -0.4 is 21.7 Å². The van der Waals surface area contributed by atoms with Gasteiger partial charge in [0.2, 0.25) is 5.91 Å². The fraction of sp³-hybridized carbons (Fsp3) is 0.850. The van der Waals surface area contributed by atoms with Gasteiger partial charge in [-0.15, -0.1) is 0 Å². The van der Waals surface area contributed by atoms with Crippen molar-refractivity contribution in [3.05, 3.63) is 0 Å². The molecule has 0 aliphatic carbocycles. The Bertz CT molecular complexity index is 510. The Labute approximate surface area is 164 Å². The molecule has 0 radical (unpaired) electrons. The molecule has 0 aromatic rings. The maximum Gasteiger partial charge on any atom is 0.312 e. The van der Waals surface area contributed by atoms with Gasteiger partial charge in [0.15, 0.2) is 5.78 Å². The summed E-state index contributed by atoms with van der Waals surface area (Å²) >= 11 is 0. The fourth-order valence-electron chi connectivity index (χ4n) is 2.63. The second-order valence-electron chi connectivity index (χ2n) is 9.21. The molecule has 0 aliphatic rings. The average Bonchev–Trinajstić information content (AvgIpc) is 2.53. The molecular formula is C20H40N4O3. The molecule has 158 valence electrons. The van der Waals surface area contributed by atoms with E-state index < -0.39 is 17.5 Å². The molecule has 0 fully saturated rings. The van der Waals surface area contributed by atoms with Crippen molar-refractivity contribution in [3.63, 3.8) is 0 Å². The number of urea groups is 1. The molecule has 27 heavy (non-hydrogen) atoms. The number of nitrogens with one attached hydrogen (secondary N) is 3. The van der Waals surface area contributed by atoms with Crippen molar-refractivity contribution in [1.29, 1.82) is 0 Å². The Morgan fingerprint density at radius 1 is 1.04 bits per heavy atom. The molecule has 2 unspecified atom stereocenters. The summed E-state index contributed by atoms with van der Waals surface area (Å²) in [5, 5.41) is 8.87. The van der Waals surface area contributed by atoms with E-state index in [2.05, 4.69) is 36.7 Å². The van der Waals surface area contributed by atoms with Crippen LogP contribution in [0.3, 0.4) is 0 Å². The molecule has 5 N–H and O–H groups in total. The van der Waals surface area contributed by atoms with Crippen LogP contribution >= 0.6 is 0 Å². The number of amides is 3. The standard InChI is InChI=1S/C20H40N4O3/c1-9-20(7,8)24-15(13(2)3)17(26)23-14(16(25)19(4,5)6)11-10-12-22-18(21)27/h13-15,24H,9-12H2,1-8H3,(H,23,26)(H3,21,22,27). The van der Waals surface area contributed by atoms with Crippen molar-refractivity contribution < 1.29 is 14.4 Å². The summed E-state index contributed by atoms with van der Waals surface area (Å²) in [4.78, 5) is 36.6. The van der Waals surface area contributed by atoms with E-state index in [0.717, 1.165) is 6.42 Å². The van der Waals surface area contributed by atoms with Crippen molar-refractivity contribution in [2.45, 2.75) is 92.3 Å². The molecule has 7 nitrogen and oxygen atoms in total. The molecule has 2 atom stereocenters.